The molecule has 0 aliphatic rings. The van der Waals surface area contributed by atoms with Crippen LogP contribution in [-0.4, -0.2) is 28.7 Å². The zero-order chi connectivity index (χ0) is 18.4. The number of hydrogen-bond donors (Lipinski definition) is 1. The van der Waals surface area contributed by atoms with Crippen LogP contribution in [0, 0.1) is 6.92 Å². The highest BCUT2D eigenvalue weighted by atomic mass is 35.5. The number of thioether (sulfide) groups is 1. The Kier molecular flexibility index (Phi) is 7.11. The predicted octanol–water partition coefficient (Wildman–Crippen LogP) is 4.36. The molecule has 0 saturated heterocycles. The van der Waals surface area contributed by atoms with Crippen LogP contribution in [-0.2, 0) is 14.3 Å². The van der Waals surface area contributed by atoms with E-state index in [1.165, 1.54) is 30.9 Å². The molecule has 1 atom stereocenters. The summed E-state index contributed by atoms with van der Waals surface area (Å²) in [7, 11) is 0. The second-order valence-corrected chi connectivity index (χ2v) is 7.02. The van der Waals surface area contributed by atoms with Crippen molar-refractivity contribution in [3.63, 3.8) is 0 Å². The quantitative estimate of drug-likeness (QED) is 0.578. The monoisotopic (exact) mass is 398 g/mol. The Morgan fingerprint density at radius 1 is 1.32 bits per heavy atom. The number of hydrogen-bond acceptors (Lipinski definition) is 5. The van der Waals surface area contributed by atoms with Gasteiger partial charge in [0, 0.05) is 11.1 Å². The maximum atomic E-state index is 12.1. The topological polar surface area (TPSA) is 68.3 Å². The Hall–Kier alpha value is -1.76. The Bertz CT molecular complexity index is 786. The fraction of sp³-hybridized carbons (Fsp3) is 0.235. The van der Waals surface area contributed by atoms with Crippen LogP contribution in [0.25, 0.3) is 0 Å². The lowest BCUT2D eigenvalue weighted by atomic mass is 10.2. The fourth-order valence-electron chi connectivity index (χ4n) is 1.86. The maximum absolute atomic E-state index is 12.1. The molecule has 0 aliphatic carbocycles. The molecule has 0 saturated carbocycles. The second-order valence-electron chi connectivity index (χ2n) is 5.16. The van der Waals surface area contributed by atoms with Crippen molar-refractivity contribution in [1.82, 2.24) is 4.98 Å². The molecule has 0 bridgehead atoms. The van der Waals surface area contributed by atoms with E-state index in [9.17, 15) is 9.59 Å². The van der Waals surface area contributed by atoms with E-state index in [1.54, 1.807) is 0 Å². The zero-order valence-corrected chi connectivity index (χ0v) is 15.9. The molecule has 0 aliphatic heterocycles. The standard InChI is InChI=1S/C17H16Cl2N2O3S/c1-10-5-3-4-6-14(10)25-9-15(22)24-11(2)17(23)21-16-13(19)7-12(18)8-20-16/h3-8,11H,9H2,1-2H3,(H,20,21,23)/t11-/m1/s1. The number of pyridine rings is 1. The van der Waals surface area contributed by atoms with Crippen molar-refractivity contribution in [3.8, 4) is 0 Å². The molecule has 1 aromatic heterocycles. The van der Waals surface area contributed by atoms with Crippen molar-refractivity contribution < 1.29 is 14.3 Å². The van der Waals surface area contributed by atoms with Crippen LogP contribution in [0.1, 0.15) is 12.5 Å². The molecule has 2 rings (SSSR count). The number of carbonyl (C=O) groups is 2. The molecule has 0 unspecified atom stereocenters. The molecular weight excluding hydrogens is 383 g/mol. The lowest BCUT2D eigenvalue weighted by molar-refractivity contribution is -0.150. The summed E-state index contributed by atoms with van der Waals surface area (Å²) in [6.07, 6.45) is 0.386. The molecule has 2 aromatic rings. The normalized spacial score (nSPS) is 11.7. The summed E-state index contributed by atoms with van der Waals surface area (Å²) in [5.74, 6) is -0.729. The first-order valence-corrected chi connectivity index (χ1v) is 9.11. The van der Waals surface area contributed by atoms with Gasteiger partial charge in [0.15, 0.2) is 11.9 Å². The number of anilines is 1. The Morgan fingerprint density at radius 3 is 2.72 bits per heavy atom. The van der Waals surface area contributed by atoms with Gasteiger partial charge in [-0.1, -0.05) is 41.4 Å². The molecule has 1 N–H and O–H groups in total. The molecule has 132 valence electrons. The fourth-order valence-corrected chi connectivity index (χ4v) is 3.10. The van der Waals surface area contributed by atoms with Gasteiger partial charge in [0.2, 0.25) is 0 Å². The molecule has 0 fully saturated rings. The predicted molar refractivity (Wildman–Crippen MR) is 100 cm³/mol. The van der Waals surface area contributed by atoms with Crippen LogP contribution in [0.4, 0.5) is 5.82 Å². The molecule has 8 heteroatoms. The molecular formula is C17H16Cl2N2O3S. The third-order valence-electron chi connectivity index (χ3n) is 3.17. The highest BCUT2D eigenvalue weighted by Crippen LogP contribution is 2.23. The van der Waals surface area contributed by atoms with E-state index in [0.717, 1.165) is 10.5 Å². The van der Waals surface area contributed by atoms with E-state index in [1.807, 2.05) is 31.2 Å². The summed E-state index contributed by atoms with van der Waals surface area (Å²) in [4.78, 5) is 28.9. The number of carbonyl (C=O) groups excluding carboxylic acids is 2. The van der Waals surface area contributed by atoms with E-state index in [2.05, 4.69) is 10.3 Å². The number of aryl methyl sites for hydroxylation is 1. The van der Waals surface area contributed by atoms with E-state index in [0.29, 0.717) is 5.02 Å². The first kappa shape index (κ1) is 19.6. The van der Waals surface area contributed by atoms with E-state index in [-0.39, 0.29) is 16.6 Å². The van der Waals surface area contributed by atoms with E-state index >= 15 is 0 Å². The summed E-state index contributed by atoms with van der Waals surface area (Å²) < 4.78 is 5.14. The van der Waals surface area contributed by atoms with Gasteiger partial charge >= 0.3 is 5.97 Å². The number of amides is 1. The third-order valence-corrected chi connectivity index (χ3v) is 4.81. The number of nitrogens with zero attached hydrogens (tertiary/aromatic N) is 1. The number of rotatable bonds is 6. The molecule has 1 aromatic carbocycles. The Morgan fingerprint density at radius 2 is 2.04 bits per heavy atom. The highest BCUT2D eigenvalue weighted by molar-refractivity contribution is 8.00. The SMILES string of the molecule is Cc1ccccc1SCC(=O)O[C@H](C)C(=O)Nc1ncc(Cl)cc1Cl. The van der Waals surface area contributed by atoms with Crippen LogP contribution in [0.15, 0.2) is 41.4 Å². The van der Waals surface area contributed by atoms with Crippen molar-refractivity contribution in [3.05, 3.63) is 52.1 Å². The largest absolute Gasteiger partial charge is 0.452 e. The second kappa shape index (κ2) is 9.08. The third kappa shape index (κ3) is 5.92. The van der Waals surface area contributed by atoms with Crippen molar-refractivity contribution in [1.29, 1.82) is 0 Å². The lowest BCUT2D eigenvalue weighted by Gasteiger charge is -2.14. The summed E-state index contributed by atoms with van der Waals surface area (Å²) in [5, 5.41) is 3.06. The van der Waals surface area contributed by atoms with Gasteiger partial charge in [0.1, 0.15) is 0 Å². The van der Waals surface area contributed by atoms with Gasteiger partial charge in [0.25, 0.3) is 5.91 Å². The number of nitrogens with one attached hydrogen (secondary N) is 1. The van der Waals surface area contributed by atoms with Crippen molar-refractivity contribution in [2.75, 3.05) is 11.1 Å². The summed E-state index contributed by atoms with van der Waals surface area (Å²) in [6.45, 7) is 3.45. The molecule has 0 radical (unpaired) electrons. The minimum absolute atomic E-state index is 0.114. The average Bonchev–Trinajstić information content (AvgIpc) is 2.56. The summed E-state index contributed by atoms with van der Waals surface area (Å²) in [5.41, 5.74) is 1.08. The van der Waals surface area contributed by atoms with Crippen molar-refractivity contribution >= 4 is 52.7 Å². The average molecular weight is 399 g/mol. The summed E-state index contributed by atoms with van der Waals surface area (Å²) >= 11 is 13.1. The number of ether oxygens (including phenoxy) is 1. The molecule has 1 heterocycles. The molecule has 0 spiro atoms. The minimum Gasteiger partial charge on any atom is -0.452 e. The lowest BCUT2D eigenvalue weighted by Crippen LogP contribution is -2.30. The van der Waals surface area contributed by atoms with E-state index < -0.39 is 18.0 Å². The number of halogens is 2. The van der Waals surface area contributed by atoms with E-state index in [4.69, 9.17) is 27.9 Å². The van der Waals surface area contributed by atoms with Crippen LogP contribution >= 0.6 is 35.0 Å². The van der Waals surface area contributed by atoms with Gasteiger partial charge in [0.05, 0.1) is 15.8 Å². The number of benzene rings is 1. The molecule has 5 nitrogen and oxygen atoms in total. The van der Waals surface area contributed by atoms with Gasteiger partial charge in [-0.2, -0.15) is 0 Å². The van der Waals surface area contributed by atoms with Gasteiger partial charge in [-0.15, -0.1) is 11.8 Å². The van der Waals surface area contributed by atoms with Gasteiger partial charge in [-0.25, -0.2) is 4.98 Å². The number of esters is 1. The smallest absolute Gasteiger partial charge is 0.317 e. The van der Waals surface area contributed by atoms with Gasteiger partial charge in [-0.05, 0) is 31.5 Å². The first-order valence-electron chi connectivity index (χ1n) is 7.36. The van der Waals surface area contributed by atoms with Crippen molar-refractivity contribution in [2.24, 2.45) is 0 Å². The zero-order valence-electron chi connectivity index (χ0n) is 13.6. The Labute approximate surface area is 160 Å². The Balaban J connectivity index is 1.85. The maximum Gasteiger partial charge on any atom is 0.317 e. The summed E-state index contributed by atoms with van der Waals surface area (Å²) in [6, 6.07) is 9.19. The van der Waals surface area contributed by atoms with Crippen LogP contribution in [0.2, 0.25) is 10.0 Å². The number of aromatic nitrogens is 1. The first-order chi connectivity index (χ1) is 11.9. The van der Waals surface area contributed by atoms with Crippen LogP contribution in [0.5, 0.6) is 0 Å². The van der Waals surface area contributed by atoms with Crippen LogP contribution in [0.3, 0.4) is 0 Å². The van der Waals surface area contributed by atoms with Crippen molar-refractivity contribution in [2.45, 2.75) is 24.8 Å². The van der Waals surface area contributed by atoms with Crippen LogP contribution < -0.4 is 5.32 Å². The highest BCUT2D eigenvalue weighted by Gasteiger charge is 2.19. The van der Waals surface area contributed by atoms with Gasteiger partial charge in [-0.3, -0.25) is 9.59 Å². The molecule has 1 amide bonds. The minimum atomic E-state index is -0.974. The molecule has 25 heavy (non-hydrogen) atoms. The van der Waals surface area contributed by atoms with Gasteiger partial charge < -0.3 is 10.1 Å².